The van der Waals surface area contributed by atoms with Gasteiger partial charge in [-0.05, 0) is 42.2 Å². The molecule has 3 aromatic rings. The van der Waals surface area contributed by atoms with Crippen LogP contribution in [0.3, 0.4) is 0 Å². The first-order valence-corrected chi connectivity index (χ1v) is 12.9. The summed E-state index contributed by atoms with van der Waals surface area (Å²) in [5.41, 5.74) is 2.65. The van der Waals surface area contributed by atoms with Gasteiger partial charge in [-0.2, -0.15) is 0 Å². The lowest BCUT2D eigenvalue weighted by Gasteiger charge is -2.40. The lowest BCUT2D eigenvalue weighted by molar-refractivity contribution is -0.136. The fourth-order valence-corrected chi connectivity index (χ4v) is 4.67. The highest BCUT2D eigenvalue weighted by molar-refractivity contribution is 5.87. The number of piperazine rings is 1. The van der Waals surface area contributed by atoms with Gasteiger partial charge in [-0.25, -0.2) is 9.59 Å². The van der Waals surface area contributed by atoms with Crippen LogP contribution in [-0.2, 0) is 27.2 Å². The molecule has 1 aliphatic heterocycles. The second-order valence-corrected chi connectivity index (χ2v) is 9.26. The highest BCUT2D eigenvalue weighted by Gasteiger charge is 2.32. The molecule has 202 valence electrons. The lowest BCUT2D eigenvalue weighted by atomic mass is 10.0. The molecule has 1 heterocycles. The average Bonchev–Trinajstić information content (AvgIpc) is 2.96. The topological polar surface area (TPSA) is 96.4 Å². The zero-order chi connectivity index (χ0) is 27.6. The summed E-state index contributed by atoms with van der Waals surface area (Å²) in [5, 5.41) is 9.53. The van der Waals surface area contributed by atoms with E-state index in [2.05, 4.69) is 4.74 Å². The summed E-state index contributed by atoms with van der Waals surface area (Å²) in [5.74, 6) is 0.723. The van der Waals surface area contributed by atoms with Crippen molar-refractivity contribution >= 4 is 24.0 Å². The third kappa shape index (κ3) is 7.47. The van der Waals surface area contributed by atoms with Crippen LogP contribution in [0.4, 0.5) is 4.79 Å². The van der Waals surface area contributed by atoms with Gasteiger partial charge in [0.2, 0.25) is 5.91 Å². The number of esters is 1. The number of nitrogens with zero attached hydrogens (tertiary/aromatic N) is 2. The number of para-hydroxylation sites is 2. The van der Waals surface area contributed by atoms with Crippen LogP contribution in [-0.4, -0.2) is 65.7 Å². The predicted molar refractivity (Wildman–Crippen MR) is 148 cm³/mol. The van der Waals surface area contributed by atoms with Crippen molar-refractivity contribution in [1.82, 2.24) is 9.80 Å². The van der Waals surface area contributed by atoms with Crippen LogP contribution < -0.4 is 4.74 Å². The average molecular weight is 529 g/mol. The van der Waals surface area contributed by atoms with E-state index in [1.165, 1.54) is 18.1 Å². The molecule has 2 amide bonds. The van der Waals surface area contributed by atoms with E-state index in [-0.39, 0.29) is 24.9 Å². The number of amides is 2. The Balaban J connectivity index is 1.46. The number of aryl methyl sites for hydroxylation is 1. The molecule has 39 heavy (non-hydrogen) atoms. The van der Waals surface area contributed by atoms with Gasteiger partial charge in [0.05, 0.1) is 13.2 Å². The molecule has 0 radical (unpaired) electrons. The normalized spacial score (nSPS) is 15.3. The van der Waals surface area contributed by atoms with Crippen molar-refractivity contribution in [2.24, 2.45) is 0 Å². The van der Waals surface area contributed by atoms with Crippen LogP contribution in [0.1, 0.15) is 23.1 Å². The maximum Gasteiger partial charge on any atom is 0.407 e. The summed E-state index contributed by atoms with van der Waals surface area (Å²) in [6, 6.07) is 24.5. The molecule has 8 nitrogen and oxygen atoms in total. The van der Waals surface area contributed by atoms with E-state index >= 15 is 0 Å². The SMILES string of the molecule is COC(=O)/C=C/c1ccccc1Oc1ccccc1CCC(=O)N1CCN(C(=O)O)CC1Cc1ccccc1. The lowest BCUT2D eigenvalue weighted by Crippen LogP contribution is -2.57. The number of ether oxygens (including phenoxy) is 2. The Labute approximate surface area is 228 Å². The van der Waals surface area contributed by atoms with E-state index in [0.717, 1.165) is 11.1 Å². The summed E-state index contributed by atoms with van der Waals surface area (Å²) in [4.78, 5) is 39.8. The number of rotatable bonds is 9. The van der Waals surface area contributed by atoms with Crippen molar-refractivity contribution in [3.8, 4) is 11.5 Å². The molecule has 3 aromatic carbocycles. The fraction of sp³-hybridized carbons (Fsp3) is 0.258. The second-order valence-electron chi connectivity index (χ2n) is 9.26. The van der Waals surface area contributed by atoms with Crippen molar-refractivity contribution in [1.29, 1.82) is 0 Å². The van der Waals surface area contributed by atoms with Gasteiger partial charge in [0.25, 0.3) is 0 Å². The predicted octanol–water partition coefficient (Wildman–Crippen LogP) is 5.03. The molecule has 1 saturated heterocycles. The quantitative estimate of drug-likeness (QED) is 0.309. The fourth-order valence-electron chi connectivity index (χ4n) is 4.67. The smallest absolute Gasteiger partial charge is 0.407 e. The molecule has 1 fully saturated rings. The Kier molecular flexibility index (Phi) is 9.34. The van der Waals surface area contributed by atoms with Gasteiger partial charge >= 0.3 is 12.1 Å². The standard InChI is InChI=1S/C31H32N2O6/c1-38-30(35)18-16-25-12-6-8-14-28(25)39-27-13-7-5-11-24(27)15-17-29(34)33-20-19-32(31(36)37)22-26(33)21-23-9-3-2-4-10-23/h2-14,16,18,26H,15,17,19-22H2,1H3,(H,36,37)/b18-16+. The molecule has 1 unspecified atom stereocenters. The zero-order valence-corrected chi connectivity index (χ0v) is 21.9. The molecule has 1 aliphatic rings. The molecule has 1 atom stereocenters. The molecule has 0 bridgehead atoms. The van der Waals surface area contributed by atoms with E-state index in [1.807, 2.05) is 83.8 Å². The first kappa shape index (κ1) is 27.4. The maximum absolute atomic E-state index is 13.4. The first-order valence-electron chi connectivity index (χ1n) is 12.9. The minimum absolute atomic E-state index is 0.0165. The second kappa shape index (κ2) is 13.3. The number of carboxylic acid groups (broad SMARTS) is 1. The molecular weight excluding hydrogens is 496 g/mol. The van der Waals surface area contributed by atoms with Gasteiger partial charge in [-0.15, -0.1) is 0 Å². The largest absolute Gasteiger partial charge is 0.466 e. The Bertz CT molecular complexity index is 1320. The Morgan fingerprint density at radius 1 is 0.923 bits per heavy atom. The van der Waals surface area contributed by atoms with Gasteiger partial charge in [0.15, 0.2) is 0 Å². The Hall–Kier alpha value is -4.59. The van der Waals surface area contributed by atoms with Crippen molar-refractivity contribution in [3.05, 3.63) is 102 Å². The van der Waals surface area contributed by atoms with Crippen LogP contribution in [0, 0.1) is 0 Å². The van der Waals surface area contributed by atoms with Crippen LogP contribution in [0.5, 0.6) is 11.5 Å². The minimum Gasteiger partial charge on any atom is -0.466 e. The number of hydrogen-bond donors (Lipinski definition) is 1. The van der Waals surface area contributed by atoms with Gasteiger partial charge < -0.3 is 24.4 Å². The molecule has 4 rings (SSSR count). The van der Waals surface area contributed by atoms with Crippen LogP contribution >= 0.6 is 0 Å². The summed E-state index contributed by atoms with van der Waals surface area (Å²) >= 11 is 0. The number of methoxy groups -OCH3 is 1. The monoisotopic (exact) mass is 528 g/mol. The number of benzene rings is 3. The number of carbonyl (C=O) groups excluding carboxylic acids is 2. The summed E-state index contributed by atoms with van der Waals surface area (Å²) in [6.45, 7) is 0.939. The Morgan fingerprint density at radius 2 is 1.62 bits per heavy atom. The molecule has 1 N–H and O–H groups in total. The molecule has 0 saturated carbocycles. The summed E-state index contributed by atoms with van der Waals surface area (Å²) in [7, 11) is 1.32. The molecular formula is C31H32N2O6. The summed E-state index contributed by atoms with van der Waals surface area (Å²) in [6.07, 6.45) is 3.33. The van der Waals surface area contributed by atoms with E-state index in [9.17, 15) is 19.5 Å². The van der Waals surface area contributed by atoms with Gasteiger partial charge in [-0.1, -0.05) is 66.7 Å². The molecule has 0 spiro atoms. The van der Waals surface area contributed by atoms with Crippen LogP contribution in [0.25, 0.3) is 6.08 Å². The maximum atomic E-state index is 13.4. The van der Waals surface area contributed by atoms with E-state index in [0.29, 0.717) is 43.0 Å². The number of carbonyl (C=O) groups is 3. The van der Waals surface area contributed by atoms with Gasteiger partial charge in [0, 0.05) is 37.7 Å². The van der Waals surface area contributed by atoms with Crippen molar-refractivity contribution in [3.63, 3.8) is 0 Å². The molecule has 0 aliphatic carbocycles. The third-order valence-corrected chi connectivity index (χ3v) is 6.71. The highest BCUT2D eigenvalue weighted by Crippen LogP contribution is 2.30. The van der Waals surface area contributed by atoms with Crippen LogP contribution in [0.2, 0.25) is 0 Å². The zero-order valence-electron chi connectivity index (χ0n) is 21.9. The van der Waals surface area contributed by atoms with Crippen molar-refractivity contribution in [2.75, 3.05) is 26.7 Å². The molecule has 0 aromatic heterocycles. The van der Waals surface area contributed by atoms with Gasteiger partial charge in [-0.3, -0.25) is 4.79 Å². The minimum atomic E-state index is -0.965. The van der Waals surface area contributed by atoms with Gasteiger partial charge in [0.1, 0.15) is 11.5 Å². The number of hydrogen-bond acceptors (Lipinski definition) is 5. The van der Waals surface area contributed by atoms with Crippen molar-refractivity contribution < 1.29 is 29.0 Å². The highest BCUT2D eigenvalue weighted by atomic mass is 16.5. The van der Waals surface area contributed by atoms with E-state index in [1.54, 1.807) is 6.08 Å². The third-order valence-electron chi connectivity index (χ3n) is 6.71. The Morgan fingerprint density at radius 3 is 2.36 bits per heavy atom. The van der Waals surface area contributed by atoms with Crippen LogP contribution in [0.15, 0.2) is 84.9 Å². The van der Waals surface area contributed by atoms with Crippen molar-refractivity contribution in [2.45, 2.75) is 25.3 Å². The molecule has 8 heteroatoms. The summed E-state index contributed by atoms with van der Waals surface area (Å²) < 4.78 is 10.9. The van der Waals surface area contributed by atoms with E-state index in [4.69, 9.17) is 4.74 Å². The van der Waals surface area contributed by atoms with E-state index < -0.39 is 12.1 Å². The first-order chi connectivity index (χ1) is 18.9.